The Morgan fingerprint density at radius 2 is 2.00 bits per heavy atom. The second-order valence-electron chi connectivity index (χ2n) is 4.38. The van der Waals surface area contributed by atoms with Crippen LogP contribution in [0.4, 0.5) is 5.69 Å². The van der Waals surface area contributed by atoms with Gasteiger partial charge in [-0.1, -0.05) is 17.7 Å². The van der Waals surface area contributed by atoms with Crippen molar-refractivity contribution in [1.82, 2.24) is 5.32 Å². The number of rotatable bonds is 6. The van der Waals surface area contributed by atoms with Crippen molar-refractivity contribution >= 4 is 35.1 Å². The number of anilines is 1. The topological polar surface area (TPSA) is 97.6 Å². The fourth-order valence-electron chi connectivity index (χ4n) is 1.61. The molecule has 1 aromatic heterocycles. The Kier molecular flexibility index (Phi) is 5.76. The first kappa shape index (κ1) is 16.6. The number of carbonyl (C=O) groups is 3. The minimum Gasteiger partial charge on any atom is -0.459 e. The maximum absolute atomic E-state index is 11.6. The third-order valence-corrected chi connectivity index (χ3v) is 2.85. The normalized spacial score (nSPS) is 9.96. The van der Waals surface area contributed by atoms with Crippen molar-refractivity contribution in [3.8, 4) is 0 Å². The van der Waals surface area contributed by atoms with Gasteiger partial charge in [-0.05, 0) is 30.3 Å². The molecule has 0 saturated heterocycles. The Labute approximate surface area is 136 Å². The molecule has 0 bridgehead atoms. The number of nitrogens with one attached hydrogen (secondary N) is 2. The van der Waals surface area contributed by atoms with Gasteiger partial charge in [-0.3, -0.25) is 14.4 Å². The van der Waals surface area contributed by atoms with E-state index in [1.165, 1.54) is 12.3 Å². The van der Waals surface area contributed by atoms with Crippen LogP contribution in [-0.4, -0.2) is 30.9 Å². The maximum atomic E-state index is 11.6. The molecule has 8 heteroatoms. The molecule has 0 aliphatic heterocycles. The van der Waals surface area contributed by atoms with Gasteiger partial charge in [0.2, 0.25) is 0 Å². The van der Waals surface area contributed by atoms with Crippen molar-refractivity contribution < 1.29 is 23.5 Å². The number of hydrogen-bond donors (Lipinski definition) is 2. The molecule has 1 heterocycles. The van der Waals surface area contributed by atoms with E-state index in [9.17, 15) is 14.4 Å². The maximum Gasteiger partial charge on any atom is 0.325 e. The van der Waals surface area contributed by atoms with Crippen LogP contribution in [0, 0.1) is 0 Å². The van der Waals surface area contributed by atoms with Crippen molar-refractivity contribution in [3.05, 3.63) is 53.4 Å². The molecule has 0 aliphatic rings. The van der Waals surface area contributed by atoms with Crippen LogP contribution in [0.25, 0.3) is 0 Å². The van der Waals surface area contributed by atoms with Gasteiger partial charge in [0.1, 0.15) is 6.54 Å². The minimum absolute atomic E-state index is 0.0801. The summed E-state index contributed by atoms with van der Waals surface area (Å²) in [4.78, 5) is 34.6. The van der Waals surface area contributed by atoms with E-state index in [1.54, 1.807) is 30.3 Å². The zero-order valence-corrected chi connectivity index (χ0v) is 12.6. The zero-order chi connectivity index (χ0) is 16.7. The summed E-state index contributed by atoms with van der Waals surface area (Å²) in [5.74, 6) is -1.73. The van der Waals surface area contributed by atoms with Crippen LogP contribution in [0.5, 0.6) is 0 Å². The van der Waals surface area contributed by atoms with Crippen molar-refractivity contribution in [2.75, 3.05) is 18.5 Å². The molecule has 0 fully saturated rings. The first-order valence-corrected chi connectivity index (χ1v) is 6.95. The average molecular weight is 337 g/mol. The lowest BCUT2D eigenvalue weighted by atomic mass is 10.3. The third kappa shape index (κ3) is 5.48. The molecule has 0 radical (unpaired) electrons. The summed E-state index contributed by atoms with van der Waals surface area (Å²) < 4.78 is 9.61. The number of esters is 1. The highest BCUT2D eigenvalue weighted by Gasteiger charge is 2.12. The van der Waals surface area contributed by atoms with Crippen molar-refractivity contribution in [2.45, 2.75) is 0 Å². The molecule has 1 aromatic carbocycles. The van der Waals surface area contributed by atoms with Crippen molar-refractivity contribution in [3.63, 3.8) is 0 Å². The van der Waals surface area contributed by atoms with Gasteiger partial charge in [0, 0.05) is 10.7 Å². The summed E-state index contributed by atoms with van der Waals surface area (Å²) in [5.41, 5.74) is 0.490. The number of hydrogen-bond acceptors (Lipinski definition) is 5. The van der Waals surface area contributed by atoms with Crippen LogP contribution in [0.1, 0.15) is 10.6 Å². The van der Waals surface area contributed by atoms with E-state index in [1.807, 2.05) is 0 Å². The van der Waals surface area contributed by atoms with Gasteiger partial charge in [-0.25, -0.2) is 0 Å². The van der Waals surface area contributed by atoms with Crippen molar-refractivity contribution in [1.29, 1.82) is 0 Å². The fraction of sp³-hybridized carbons (Fsp3) is 0.133. The lowest BCUT2D eigenvalue weighted by Gasteiger charge is -2.07. The van der Waals surface area contributed by atoms with Crippen LogP contribution >= 0.6 is 11.6 Å². The third-order valence-electron chi connectivity index (χ3n) is 2.61. The zero-order valence-electron chi connectivity index (χ0n) is 11.9. The molecule has 120 valence electrons. The predicted octanol–water partition coefficient (Wildman–Crippen LogP) is 1.84. The van der Waals surface area contributed by atoms with E-state index < -0.39 is 24.4 Å². The molecule has 2 amide bonds. The summed E-state index contributed by atoms with van der Waals surface area (Å²) in [5, 5.41) is 5.30. The second-order valence-corrected chi connectivity index (χ2v) is 4.82. The summed E-state index contributed by atoms with van der Waals surface area (Å²) in [6.07, 6.45) is 1.34. The Hall–Kier alpha value is -2.80. The number of benzene rings is 1. The molecule has 2 aromatic rings. The first-order valence-electron chi connectivity index (χ1n) is 6.57. The first-order chi connectivity index (χ1) is 11.0. The van der Waals surface area contributed by atoms with Crippen LogP contribution in [0.3, 0.4) is 0 Å². The number of carbonyl (C=O) groups excluding carboxylic acids is 3. The van der Waals surface area contributed by atoms with Crippen LogP contribution in [-0.2, 0) is 14.3 Å². The van der Waals surface area contributed by atoms with E-state index >= 15 is 0 Å². The van der Waals surface area contributed by atoms with Gasteiger partial charge in [0.25, 0.3) is 11.8 Å². The Morgan fingerprint density at radius 3 is 2.70 bits per heavy atom. The Bertz CT molecular complexity index is 700. The van der Waals surface area contributed by atoms with Gasteiger partial charge in [0.05, 0.1) is 6.26 Å². The van der Waals surface area contributed by atoms with E-state index in [0.29, 0.717) is 10.7 Å². The second kappa shape index (κ2) is 8.00. The summed E-state index contributed by atoms with van der Waals surface area (Å²) in [6, 6.07) is 9.56. The van der Waals surface area contributed by atoms with E-state index in [2.05, 4.69) is 10.6 Å². The highest BCUT2D eigenvalue weighted by Crippen LogP contribution is 2.14. The minimum atomic E-state index is -0.744. The molecule has 0 unspecified atom stereocenters. The predicted molar refractivity (Wildman–Crippen MR) is 82.1 cm³/mol. The van der Waals surface area contributed by atoms with Crippen LogP contribution in [0.2, 0.25) is 5.02 Å². The van der Waals surface area contributed by atoms with Crippen molar-refractivity contribution in [2.24, 2.45) is 0 Å². The summed E-state index contributed by atoms with van der Waals surface area (Å²) in [7, 11) is 0. The molecule has 0 saturated carbocycles. The lowest BCUT2D eigenvalue weighted by Crippen LogP contribution is -2.32. The monoisotopic (exact) mass is 336 g/mol. The summed E-state index contributed by atoms with van der Waals surface area (Å²) in [6.45, 7) is -0.841. The largest absolute Gasteiger partial charge is 0.459 e. The van der Waals surface area contributed by atoms with Gasteiger partial charge in [-0.2, -0.15) is 0 Å². The molecule has 2 rings (SSSR count). The standard InChI is InChI=1S/C15H13ClN2O5/c16-10-3-1-4-11(7-10)18-13(19)9-23-14(20)8-17-15(21)12-5-2-6-22-12/h1-7H,8-9H2,(H,17,21)(H,18,19). The molecule has 2 N–H and O–H groups in total. The van der Waals surface area contributed by atoms with Gasteiger partial charge in [0.15, 0.2) is 12.4 Å². The van der Waals surface area contributed by atoms with E-state index in [4.69, 9.17) is 20.8 Å². The number of ether oxygens (including phenoxy) is 1. The van der Waals surface area contributed by atoms with Gasteiger partial charge in [-0.15, -0.1) is 0 Å². The molecule has 0 spiro atoms. The molecule has 0 atom stereocenters. The molecule has 0 aliphatic carbocycles. The van der Waals surface area contributed by atoms with E-state index in [-0.39, 0.29) is 12.3 Å². The quantitative estimate of drug-likeness (QED) is 0.784. The smallest absolute Gasteiger partial charge is 0.325 e. The average Bonchev–Trinajstić information content (AvgIpc) is 3.05. The number of amides is 2. The number of halogens is 1. The SMILES string of the molecule is O=C(COC(=O)CNC(=O)c1ccco1)Nc1cccc(Cl)c1. The van der Waals surface area contributed by atoms with E-state index in [0.717, 1.165) is 0 Å². The Morgan fingerprint density at radius 1 is 1.17 bits per heavy atom. The highest BCUT2D eigenvalue weighted by molar-refractivity contribution is 6.30. The molecule has 23 heavy (non-hydrogen) atoms. The Balaban J connectivity index is 1.69. The molecular weight excluding hydrogens is 324 g/mol. The molecule has 7 nitrogen and oxygen atoms in total. The molecular formula is C15H13ClN2O5. The lowest BCUT2D eigenvalue weighted by molar-refractivity contribution is -0.146. The highest BCUT2D eigenvalue weighted by atomic mass is 35.5. The fourth-order valence-corrected chi connectivity index (χ4v) is 1.80. The summed E-state index contributed by atoms with van der Waals surface area (Å²) >= 11 is 5.78. The number of furan rings is 1. The van der Waals surface area contributed by atoms with Crippen LogP contribution < -0.4 is 10.6 Å². The van der Waals surface area contributed by atoms with Gasteiger partial charge >= 0.3 is 5.97 Å². The van der Waals surface area contributed by atoms with Crippen LogP contribution in [0.15, 0.2) is 47.1 Å². The van der Waals surface area contributed by atoms with Gasteiger partial charge < -0.3 is 19.8 Å².